The van der Waals surface area contributed by atoms with Crippen LogP contribution in [0.15, 0.2) is 59.5 Å². The number of benzene rings is 2. The summed E-state index contributed by atoms with van der Waals surface area (Å²) >= 11 is 5.43. The van der Waals surface area contributed by atoms with Gasteiger partial charge in [0.15, 0.2) is 0 Å². The zero-order chi connectivity index (χ0) is 16.9. The molecule has 0 spiro atoms. The quantitative estimate of drug-likeness (QED) is 0.813. The van der Waals surface area contributed by atoms with Gasteiger partial charge in [0.1, 0.15) is 5.88 Å². The maximum atomic E-state index is 12.6. The van der Waals surface area contributed by atoms with Gasteiger partial charge in [-0.2, -0.15) is 4.31 Å². The van der Waals surface area contributed by atoms with Crippen LogP contribution in [0.25, 0.3) is 0 Å². The Labute approximate surface area is 140 Å². The smallest absolute Gasteiger partial charge is 0.243 e. The number of nitrogens with zero attached hydrogens (tertiary/aromatic N) is 1. The SMILES string of the molecule is CN(Cc1ccccc1)S(=O)(=O)c1cccc(NC(=O)CCl)c1. The van der Waals surface area contributed by atoms with E-state index < -0.39 is 10.0 Å². The molecule has 0 aromatic heterocycles. The molecule has 23 heavy (non-hydrogen) atoms. The van der Waals surface area contributed by atoms with Gasteiger partial charge in [-0.05, 0) is 23.8 Å². The molecule has 0 aliphatic rings. The Bertz CT molecular complexity index is 779. The topological polar surface area (TPSA) is 66.5 Å². The Kier molecular flexibility index (Phi) is 5.76. The summed E-state index contributed by atoms with van der Waals surface area (Å²) in [6.07, 6.45) is 0. The van der Waals surface area contributed by atoms with E-state index in [9.17, 15) is 13.2 Å². The maximum Gasteiger partial charge on any atom is 0.243 e. The standard InChI is InChI=1S/C16H17ClN2O3S/c1-19(12-13-6-3-2-4-7-13)23(21,22)15-9-5-8-14(10-15)18-16(20)11-17/h2-10H,11-12H2,1H3,(H,18,20). The Balaban J connectivity index is 2.21. The predicted octanol–water partition coefficient (Wildman–Crippen LogP) is 2.68. The summed E-state index contributed by atoms with van der Waals surface area (Å²) < 4.78 is 26.5. The van der Waals surface area contributed by atoms with Crippen molar-refractivity contribution in [3.05, 3.63) is 60.2 Å². The van der Waals surface area contributed by atoms with Crippen LogP contribution >= 0.6 is 11.6 Å². The van der Waals surface area contributed by atoms with Crippen LogP contribution < -0.4 is 5.32 Å². The highest BCUT2D eigenvalue weighted by atomic mass is 35.5. The zero-order valence-corrected chi connectivity index (χ0v) is 14.1. The van der Waals surface area contributed by atoms with Crippen LogP contribution in [0.2, 0.25) is 0 Å². The second-order valence-corrected chi connectivity index (χ2v) is 7.27. The molecule has 2 rings (SSSR count). The lowest BCUT2D eigenvalue weighted by Crippen LogP contribution is -2.26. The van der Waals surface area contributed by atoms with Gasteiger partial charge in [0.05, 0.1) is 4.90 Å². The average Bonchev–Trinajstić information content (AvgIpc) is 2.55. The minimum absolute atomic E-state index is 0.114. The number of nitrogens with one attached hydrogen (secondary N) is 1. The first-order chi connectivity index (χ1) is 10.9. The molecule has 0 aliphatic heterocycles. The van der Waals surface area contributed by atoms with Crippen LogP contribution in [0.5, 0.6) is 0 Å². The van der Waals surface area contributed by atoms with E-state index in [4.69, 9.17) is 11.6 Å². The molecule has 1 amide bonds. The van der Waals surface area contributed by atoms with Crippen molar-refractivity contribution in [2.45, 2.75) is 11.4 Å². The van der Waals surface area contributed by atoms with E-state index in [-0.39, 0.29) is 23.2 Å². The molecule has 0 bridgehead atoms. The van der Waals surface area contributed by atoms with E-state index in [0.29, 0.717) is 5.69 Å². The second-order valence-electron chi connectivity index (χ2n) is 4.96. The van der Waals surface area contributed by atoms with E-state index in [1.807, 2.05) is 30.3 Å². The highest BCUT2D eigenvalue weighted by Gasteiger charge is 2.21. The van der Waals surface area contributed by atoms with E-state index in [1.165, 1.54) is 23.5 Å². The fourth-order valence-corrected chi connectivity index (χ4v) is 3.31. The number of anilines is 1. The first kappa shape index (κ1) is 17.5. The fourth-order valence-electron chi connectivity index (χ4n) is 2.03. The third-order valence-electron chi connectivity index (χ3n) is 3.20. The van der Waals surface area contributed by atoms with Crippen molar-refractivity contribution >= 4 is 33.2 Å². The van der Waals surface area contributed by atoms with Crippen molar-refractivity contribution < 1.29 is 13.2 Å². The normalized spacial score (nSPS) is 11.4. The van der Waals surface area contributed by atoms with Crippen molar-refractivity contribution in [3.63, 3.8) is 0 Å². The lowest BCUT2D eigenvalue weighted by Gasteiger charge is -2.18. The summed E-state index contributed by atoms with van der Waals surface area (Å²) in [6, 6.07) is 15.4. The van der Waals surface area contributed by atoms with Crippen molar-refractivity contribution in [2.24, 2.45) is 0 Å². The molecular weight excluding hydrogens is 336 g/mol. The fraction of sp³-hybridized carbons (Fsp3) is 0.188. The van der Waals surface area contributed by atoms with Crippen molar-refractivity contribution in [1.82, 2.24) is 4.31 Å². The third-order valence-corrected chi connectivity index (χ3v) is 5.24. The Morgan fingerprint density at radius 2 is 1.83 bits per heavy atom. The maximum absolute atomic E-state index is 12.6. The van der Waals surface area contributed by atoms with Crippen LogP contribution in [0.1, 0.15) is 5.56 Å². The Morgan fingerprint density at radius 1 is 1.13 bits per heavy atom. The Hall–Kier alpha value is -1.89. The summed E-state index contributed by atoms with van der Waals surface area (Å²) in [5, 5.41) is 2.54. The van der Waals surface area contributed by atoms with Crippen molar-refractivity contribution in [1.29, 1.82) is 0 Å². The van der Waals surface area contributed by atoms with Crippen LogP contribution in [-0.4, -0.2) is 31.6 Å². The van der Waals surface area contributed by atoms with E-state index in [0.717, 1.165) is 5.56 Å². The number of alkyl halides is 1. The average molecular weight is 353 g/mol. The number of hydrogen-bond donors (Lipinski definition) is 1. The third kappa shape index (κ3) is 4.54. The van der Waals surface area contributed by atoms with Crippen LogP contribution in [0.4, 0.5) is 5.69 Å². The molecule has 0 fully saturated rings. The van der Waals surface area contributed by atoms with Gasteiger partial charge in [-0.1, -0.05) is 36.4 Å². The van der Waals surface area contributed by atoms with Gasteiger partial charge in [-0.3, -0.25) is 4.79 Å². The second kappa shape index (κ2) is 7.59. The van der Waals surface area contributed by atoms with Gasteiger partial charge in [0, 0.05) is 19.3 Å². The van der Waals surface area contributed by atoms with Gasteiger partial charge in [0.2, 0.25) is 15.9 Å². The van der Waals surface area contributed by atoms with Gasteiger partial charge in [-0.15, -0.1) is 11.6 Å². The first-order valence-electron chi connectivity index (χ1n) is 6.89. The molecule has 0 saturated heterocycles. The van der Waals surface area contributed by atoms with Crippen LogP contribution in [0, 0.1) is 0 Å². The summed E-state index contributed by atoms with van der Waals surface area (Å²) in [7, 11) is -2.13. The molecular formula is C16H17ClN2O3S. The molecule has 0 unspecified atom stereocenters. The zero-order valence-electron chi connectivity index (χ0n) is 12.6. The molecule has 0 atom stereocenters. The van der Waals surface area contributed by atoms with Gasteiger partial charge in [-0.25, -0.2) is 8.42 Å². The summed E-state index contributed by atoms with van der Waals surface area (Å²) in [5.41, 5.74) is 1.29. The first-order valence-corrected chi connectivity index (χ1v) is 8.87. The molecule has 2 aromatic carbocycles. The molecule has 5 nitrogen and oxygen atoms in total. The van der Waals surface area contributed by atoms with Crippen molar-refractivity contribution in [3.8, 4) is 0 Å². The molecule has 0 radical (unpaired) electrons. The molecule has 1 N–H and O–H groups in total. The minimum Gasteiger partial charge on any atom is -0.325 e. The Morgan fingerprint density at radius 3 is 2.48 bits per heavy atom. The largest absolute Gasteiger partial charge is 0.325 e. The highest BCUT2D eigenvalue weighted by molar-refractivity contribution is 7.89. The van der Waals surface area contributed by atoms with Crippen LogP contribution in [-0.2, 0) is 21.4 Å². The van der Waals surface area contributed by atoms with Gasteiger partial charge >= 0.3 is 0 Å². The summed E-state index contributed by atoms with van der Waals surface area (Å²) in [5.74, 6) is -0.580. The number of carbonyl (C=O) groups excluding carboxylic acids is 1. The lowest BCUT2D eigenvalue weighted by molar-refractivity contribution is -0.113. The lowest BCUT2D eigenvalue weighted by atomic mass is 10.2. The predicted molar refractivity (Wildman–Crippen MR) is 90.9 cm³/mol. The number of rotatable bonds is 6. The summed E-state index contributed by atoms with van der Waals surface area (Å²) in [6.45, 7) is 0.265. The molecule has 0 saturated carbocycles. The summed E-state index contributed by atoms with van der Waals surface area (Å²) in [4.78, 5) is 11.4. The molecule has 0 aliphatic carbocycles. The number of sulfonamides is 1. The van der Waals surface area contributed by atoms with Crippen LogP contribution in [0.3, 0.4) is 0 Å². The molecule has 2 aromatic rings. The molecule has 0 heterocycles. The number of amides is 1. The van der Waals surface area contributed by atoms with Crippen molar-refractivity contribution in [2.75, 3.05) is 18.2 Å². The highest BCUT2D eigenvalue weighted by Crippen LogP contribution is 2.20. The van der Waals surface area contributed by atoms with Gasteiger partial charge in [0.25, 0.3) is 0 Å². The number of carbonyl (C=O) groups is 1. The molecule has 7 heteroatoms. The number of halogens is 1. The minimum atomic E-state index is -3.65. The monoisotopic (exact) mass is 352 g/mol. The van der Waals surface area contributed by atoms with Gasteiger partial charge < -0.3 is 5.32 Å². The number of hydrogen-bond acceptors (Lipinski definition) is 3. The van der Waals surface area contributed by atoms with E-state index >= 15 is 0 Å². The molecule has 122 valence electrons. The van der Waals surface area contributed by atoms with E-state index in [2.05, 4.69) is 5.32 Å². The van der Waals surface area contributed by atoms with E-state index in [1.54, 1.807) is 12.1 Å².